The molecule has 23 heavy (non-hydrogen) atoms. The van der Waals surface area contributed by atoms with E-state index in [9.17, 15) is 14.7 Å². The Bertz CT molecular complexity index is 744. The molecule has 2 unspecified atom stereocenters. The number of nitrogens with one attached hydrogen (secondary N) is 1. The Morgan fingerprint density at radius 2 is 1.78 bits per heavy atom. The number of hydrogen-bond acceptors (Lipinski definition) is 3. The molecule has 1 aliphatic carbocycles. The van der Waals surface area contributed by atoms with Crippen molar-refractivity contribution in [2.45, 2.75) is 17.9 Å². The Morgan fingerprint density at radius 1 is 1.13 bits per heavy atom. The van der Waals surface area contributed by atoms with Gasteiger partial charge in [0.15, 0.2) is 0 Å². The molecule has 0 aliphatic heterocycles. The summed E-state index contributed by atoms with van der Waals surface area (Å²) in [6, 6.07) is 16.1. The molecule has 0 saturated heterocycles. The quantitative estimate of drug-likeness (QED) is 0.889. The second-order valence-corrected chi connectivity index (χ2v) is 5.60. The summed E-state index contributed by atoms with van der Waals surface area (Å²) < 4.78 is 5.17. The third-order valence-corrected chi connectivity index (χ3v) is 4.23. The molecule has 1 amide bonds. The van der Waals surface area contributed by atoms with Gasteiger partial charge in [0.2, 0.25) is 0 Å². The largest absolute Gasteiger partial charge is 0.496 e. The highest BCUT2D eigenvalue weighted by Gasteiger charge is 2.62. The lowest BCUT2D eigenvalue weighted by molar-refractivity contribution is -0.140. The Balaban J connectivity index is 1.85. The number of hydrogen-bond donors (Lipinski definition) is 2. The molecule has 3 rings (SSSR count). The molecule has 0 spiro atoms. The Labute approximate surface area is 133 Å². The van der Waals surface area contributed by atoms with Crippen molar-refractivity contribution < 1.29 is 19.4 Å². The van der Waals surface area contributed by atoms with Crippen LogP contribution in [0.25, 0.3) is 0 Å². The van der Waals surface area contributed by atoms with Crippen LogP contribution in [0, 0.1) is 0 Å². The first kappa shape index (κ1) is 15.1. The van der Waals surface area contributed by atoms with E-state index in [0.29, 0.717) is 17.7 Å². The van der Waals surface area contributed by atoms with E-state index >= 15 is 0 Å². The SMILES string of the molecule is COc1ccccc1C(=O)NC1(C(=O)O)CC1c1ccccc1. The second-order valence-electron chi connectivity index (χ2n) is 5.60. The van der Waals surface area contributed by atoms with Crippen LogP contribution in [0.5, 0.6) is 5.75 Å². The monoisotopic (exact) mass is 311 g/mol. The topological polar surface area (TPSA) is 75.6 Å². The highest BCUT2D eigenvalue weighted by atomic mass is 16.5. The highest BCUT2D eigenvalue weighted by Crippen LogP contribution is 2.51. The van der Waals surface area contributed by atoms with E-state index in [1.54, 1.807) is 24.3 Å². The summed E-state index contributed by atoms with van der Waals surface area (Å²) in [5.41, 5.74) is -0.0104. The molecule has 1 fully saturated rings. The summed E-state index contributed by atoms with van der Waals surface area (Å²) in [5, 5.41) is 12.3. The van der Waals surface area contributed by atoms with Gasteiger partial charge in [0.25, 0.3) is 5.91 Å². The molecule has 118 valence electrons. The minimum absolute atomic E-state index is 0.222. The number of methoxy groups -OCH3 is 1. The van der Waals surface area contributed by atoms with E-state index in [1.165, 1.54) is 7.11 Å². The number of carboxylic acid groups (broad SMARTS) is 1. The van der Waals surface area contributed by atoms with Gasteiger partial charge in [0.05, 0.1) is 12.7 Å². The van der Waals surface area contributed by atoms with Crippen molar-refractivity contribution in [3.63, 3.8) is 0 Å². The predicted octanol–water partition coefficient (Wildman–Crippen LogP) is 2.44. The van der Waals surface area contributed by atoms with E-state index in [4.69, 9.17) is 4.74 Å². The number of ether oxygens (including phenoxy) is 1. The maximum absolute atomic E-state index is 12.5. The molecule has 2 N–H and O–H groups in total. The van der Waals surface area contributed by atoms with Crippen LogP contribution in [0.4, 0.5) is 0 Å². The van der Waals surface area contributed by atoms with E-state index < -0.39 is 17.4 Å². The van der Waals surface area contributed by atoms with Crippen molar-refractivity contribution in [2.24, 2.45) is 0 Å². The zero-order valence-corrected chi connectivity index (χ0v) is 12.7. The van der Waals surface area contributed by atoms with Crippen LogP contribution in [0.15, 0.2) is 54.6 Å². The molecule has 2 atom stereocenters. The van der Waals surface area contributed by atoms with Gasteiger partial charge >= 0.3 is 5.97 Å². The molecule has 5 heteroatoms. The van der Waals surface area contributed by atoms with Gasteiger partial charge in [-0.2, -0.15) is 0 Å². The lowest BCUT2D eigenvalue weighted by atomic mass is 10.1. The third kappa shape index (κ3) is 2.65. The molecular formula is C18H17NO4. The first-order valence-corrected chi connectivity index (χ1v) is 7.32. The Hall–Kier alpha value is -2.82. The van der Waals surface area contributed by atoms with Crippen molar-refractivity contribution >= 4 is 11.9 Å². The minimum atomic E-state index is -1.25. The van der Waals surface area contributed by atoms with Crippen LogP contribution >= 0.6 is 0 Å². The first-order valence-electron chi connectivity index (χ1n) is 7.32. The van der Waals surface area contributed by atoms with Crippen LogP contribution in [0.3, 0.4) is 0 Å². The number of para-hydroxylation sites is 1. The molecule has 1 saturated carbocycles. The molecule has 0 radical (unpaired) electrons. The Morgan fingerprint density at radius 3 is 2.43 bits per heavy atom. The summed E-state index contributed by atoms with van der Waals surface area (Å²) in [5.74, 6) is -1.26. The number of aliphatic carboxylic acids is 1. The van der Waals surface area contributed by atoms with E-state index in [0.717, 1.165) is 5.56 Å². The fourth-order valence-electron chi connectivity index (χ4n) is 2.88. The molecule has 0 aromatic heterocycles. The summed E-state index contributed by atoms with van der Waals surface area (Å²) in [4.78, 5) is 24.2. The first-order chi connectivity index (χ1) is 11.1. The van der Waals surface area contributed by atoms with Gasteiger partial charge in [-0.3, -0.25) is 4.79 Å². The standard InChI is InChI=1S/C18H17NO4/c1-23-15-10-6-5-9-13(15)16(20)19-18(17(21)22)11-14(18)12-7-3-2-4-8-12/h2-10,14H,11H2,1H3,(H,19,20)(H,21,22). The van der Waals surface area contributed by atoms with Gasteiger partial charge in [-0.1, -0.05) is 42.5 Å². The molecule has 2 aromatic carbocycles. The minimum Gasteiger partial charge on any atom is -0.496 e. The molecule has 0 bridgehead atoms. The zero-order valence-electron chi connectivity index (χ0n) is 12.7. The lowest BCUT2D eigenvalue weighted by Gasteiger charge is -2.16. The number of benzene rings is 2. The smallest absolute Gasteiger partial charge is 0.330 e. The average Bonchev–Trinajstić information content (AvgIpc) is 3.31. The van der Waals surface area contributed by atoms with Crippen molar-refractivity contribution in [2.75, 3.05) is 7.11 Å². The van der Waals surface area contributed by atoms with Crippen LogP contribution < -0.4 is 10.1 Å². The molecule has 2 aromatic rings. The van der Waals surface area contributed by atoms with Crippen LogP contribution in [-0.2, 0) is 4.79 Å². The normalized spacial score (nSPS) is 22.2. The van der Waals surface area contributed by atoms with Crippen LogP contribution in [0.2, 0.25) is 0 Å². The third-order valence-electron chi connectivity index (χ3n) is 4.23. The van der Waals surface area contributed by atoms with Crippen LogP contribution in [0.1, 0.15) is 28.3 Å². The Kier molecular flexibility index (Phi) is 3.78. The fraction of sp³-hybridized carbons (Fsp3) is 0.222. The zero-order chi connectivity index (χ0) is 16.4. The maximum atomic E-state index is 12.5. The number of carbonyl (C=O) groups excluding carboxylic acids is 1. The van der Waals surface area contributed by atoms with Crippen molar-refractivity contribution in [3.05, 3.63) is 65.7 Å². The van der Waals surface area contributed by atoms with E-state index in [2.05, 4.69) is 5.32 Å². The number of rotatable bonds is 5. The van der Waals surface area contributed by atoms with Crippen molar-refractivity contribution in [1.29, 1.82) is 0 Å². The molecule has 0 heterocycles. The predicted molar refractivity (Wildman–Crippen MR) is 84.6 cm³/mol. The van der Waals surface area contributed by atoms with Gasteiger partial charge < -0.3 is 15.2 Å². The maximum Gasteiger partial charge on any atom is 0.330 e. The summed E-state index contributed by atoms with van der Waals surface area (Å²) in [6.07, 6.45) is 0.382. The molecule has 5 nitrogen and oxygen atoms in total. The summed E-state index contributed by atoms with van der Waals surface area (Å²) in [7, 11) is 1.48. The lowest BCUT2D eigenvalue weighted by Crippen LogP contribution is -2.44. The molecular weight excluding hydrogens is 294 g/mol. The van der Waals surface area contributed by atoms with E-state index in [1.807, 2.05) is 30.3 Å². The van der Waals surface area contributed by atoms with Gasteiger partial charge in [0, 0.05) is 5.92 Å². The van der Waals surface area contributed by atoms with Gasteiger partial charge in [-0.25, -0.2) is 4.79 Å². The number of amides is 1. The van der Waals surface area contributed by atoms with Crippen molar-refractivity contribution in [3.8, 4) is 5.75 Å². The van der Waals surface area contributed by atoms with Crippen molar-refractivity contribution in [1.82, 2.24) is 5.32 Å². The highest BCUT2D eigenvalue weighted by molar-refractivity contribution is 6.01. The van der Waals surface area contributed by atoms with Gasteiger partial charge in [-0.05, 0) is 24.1 Å². The second kappa shape index (κ2) is 5.76. The van der Waals surface area contributed by atoms with Gasteiger partial charge in [0.1, 0.15) is 11.3 Å². The molecule has 1 aliphatic rings. The van der Waals surface area contributed by atoms with E-state index in [-0.39, 0.29) is 5.92 Å². The fourth-order valence-corrected chi connectivity index (χ4v) is 2.88. The summed E-state index contributed by atoms with van der Waals surface area (Å²) >= 11 is 0. The number of carbonyl (C=O) groups is 2. The van der Waals surface area contributed by atoms with Gasteiger partial charge in [-0.15, -0.1) is 0 Å². The number of carboxylic acids is 1. The average molecular weight is 311 g/mol. The summed E-state index contributed by atoms with van der Waals surface area (Å²) in [6.45, 7) is 0. The van der Waals surface area contributed by atoms with Crippen LogP contribution in [-0.4, -0.2) is 29.6 Å².